The molecule has 10 radical (unpaired) electrons. The van der Waals surface area contributed by atoms with E-state index in [2.05, 4.69) is 5.32 Å². The second-order valence-corrected chi connectivity index (χ2v) is 9.60. The van der Waals surface area contributed by atoms with Gasteiger partial charge in [0.1, 0.15) is 57.6 Å². The predicted octanol–water partition coefficient (Wildman–Crippen LogP) is -2.90. The zero-order valence-electron chi connectivity index (χ0n) is 21.0. The summed E-state index contributed by atoms with van der Waals surface area (Å²) >= 11 is 0. The Morgan fingerprint density at radius 1 is 1.08 bits per heavy atom. The average Bonchev–Trinajstić information content (AvgIpc) is 3.23. The van der Waals surface area contributed by atoms with Gasteiger partial charge in [0.25, 0.3) is 5.91 Å². The number of amides is 4. The summed E-state index contributed by atoms with van der Waals surface area (Å²) in [5, 5.41) is 2.28. The number of nitrogens with zero attached hydrogens (tertiary/aromatic N) is 2. The van der Waals surface area contributed by atoms with Gasteiger partial charge in [-0.1, -0.05) is 28.5 Å². The number of benzene rings is 2. The van der Waals surface area contributed by atoms with E-state index in [1.165, 1.54) is 15.9 Å². The first-order valence-electron chi connectivity index (χ1n) is 12.4. The lowest BCUT2D eigenvalue weighted by Gasteiger charge is -2.36. The Morgan fingerprint density at radius 3 is 2.56 bits per heavy atom. The van der Waals surface area contributed by atoms with E-state index in [0.717, 1.165) is 0 Å². The molecule has 14 heteroatoms. The van der Waals surface area contributed by atoms with Gasteiger partial charge in [-0.2, -0.15) is 0 Å². The van der Waals surface area contributed by atoms with Gasteiger partial charge in [-0.3, -0.25) is 24.5 Å². The van der Waals surface area contributed by atoms with Crippen LogP contribution >= 0.6 is 0 Å². The second-order valence-electron chi connectivity index (χ2n) is 9.60. The van der Waals surface area contributed by atoms with Crippen molar-refractivity contribution in [2.75, 3.05) is 19.8 Å². The van der Waals surface area contributed by atoms with Crippen LogP contribution in [0, 0.1) is 0 Å². The third kappa shape index (κ3) is 4.90. The monoisotopic (exact) mass is 513 g/mol. The van der Waals surface area contributed by atoms with Crippen molar-refractivity contribution in [3.8, 4) is 5.75 Å². The van der Waals surface area contributed by atoms with Crippen molar-refractivity contribution in [1.82, 2.24) is 15.1 Å². The number of piperidine rings is 1. The van der Waals surface area contributed by atoms with Crippen LogP contribution in [0.25, 0.3) is 0 Å². The van der Waals surface area contributed by atoms with Gasteiger partial charge in [-0.25, -0.2) is 0 Å². The van der Waals surface area contributed by atoms with Crippen LogP contribution < -0.4 is 26.4 Å². The number of carbonyl (C=O) groups is 4. The van der Waals surface area contributed by atoms with E-state index in [9.17, 15) is 19.2 Å². The Balaban J connectivity index is 1.39. The van der Waals surface area contributed by atoms with E-state index in [1.807, 2.05) is 0 Å². The number of nitrogens with one attached hydrogen (secondary N) is 1. The number of morpholine rings is 1. The molecule has 4 amide bonds. The SMILES string of the molecule is [B]c1cc(C([B])Oc2cccc3c2CN(C2CCC(=O)NC2=O)C3=O)c([B])c([B])c1C([B])N1CCOCC1=O. The summed E-state index contributed by atoms with van der Waals surface area (Å²) in [6, 6.07) is 4.53. The molecule has 0 aliphatic carbocycles. The van der Waals surface area contributed by atoms with Crippen molar-refractivity contribution in [3.63, 3.8) is 0 Å². The summed E-state index contributed by atoms with van der Waals surface area (Å²) < 4.78 is 11.2. The summed E-state index contributed by atoms with van der Waals surface area (Å²) in [5.41, 5.74) is 1.85. The predicted molar refractivity (Wildman–Crippen MR) is 145 cm³/mol. The first kappa shape index (κ1) is 27.2. The Bertz CT molecular complexity index is 1390. The molecule has 3 heterocycles. The van der Waals surface area contributed by atoms with Crippen LogP contribution in [0.3, 0.4) is 0 Å². The molecule has 39 heavy (non-hydrogen) atoms. The van der Waals surface area contributed by atoms with E-state index in [-0.39, 0.29) is 66.6 Å². The molecule has 1 N–H and O–H groups in total. The highest BCUT2D eigenvalue weighted by Crippen LogP contribution is 2.35. The highest BCUT2D eigenvalue weighted by molar-refractivity contribution is 6.52. The second kappa shape index (κ2) is 10.6. The normalized spacial score (nSPS) is 21.0. The van der Waals surface area contributed by atoms with E-state index in [4.69, 9.17) is 48.7 Å². The number of hydrogen-bond donors (Lipinski definition) is 1. The summed E-state index contributed by atoms with van der Waals surface area (Å²) in [4.78, 5) is 52.1. The quantitative estimate of drug-likeness (QED) is 0.329. The van der Waals surface area contributed by atoms with Gasteiger partial charge in [-0.05, 0) is 29.7 Å². The van der Waals surface area contributed by atoms with Crippen molar-refractivity contribution in [2.24, 2.45) is 0 Å². The lowest BCUT2D eigenvalue weighted by molar-refractivity contribution is -0.143. The molecular weight excluding hydrogens is 492 g/mol. The molecule has 186 valence electrons. The number of hydrogen-bond acceptors (Lipinski definition) is 6. The van der Waals surface area contributed by atoms with Gasteiger partial charge in [-0.15, -0.1) is 0 Å². The first-order valence-corrected chi connectivity index (χ1v) is 12.4. The largest absolute Gasteiger partial charge is 0.496 e. The minimum atomic E-state index is -1.13. The molecule has 2 aromatic carbocycles. The molecule has 0 saturated carbocycles. The summed E-state index contributed by atoms with van der Waals surface area (Å²) in [6.45, 7) is 0.613. The van der Waals surface area contributed by atoms with Crippen LogP contribution in [0.15, 0.2) is 24.3 Å². The summed E-state index contributed by atoms with van der Waals surface area (Å²) in [7, 11) is 31.7. The zero-order chi connectivity index (χ0) is 28.0. The number of carbonyl (C=O) groups excluding carboxylic acids is 4. The minimum Gasteiger partial charge on any atom is -0.496 e. The van der Waals surface area contributed by atoms with Gasteiger partial charge in [0.05, 0.1) is 19.2 Å². The highest BCUT2D eigenvalue weighted by atomic mass is 16.5. The number of rotatable bonds is 6. The molecule has 9 nitrogen and oxygen atoms in total. The topological polar surface area (TPSA) is 105 Å². The number of ether oxygens (including phenoxy) is 2. The zero-order valence-corrected chi connectivity index (χ0v) is 21.0. The maximum atomic E-state index is 13.1. The molecule has 0 spiro atoms. The molecular formula is C25H20B5N3O6. The number of imide groups is 1. The summed E-state index contributed by atoms with van der Waals surface area (Å²) in [6.07, 6.45) is 0.381. The van der Waals surface area contributed by atoms with Crippen molar-refractivity contribution in [2.45, 2.75) is 37.4 Å². The van der Waals surface area contributed by atoms with Crippen LogP contribution in [0.1, 0.15) is 51.8 Å². The average molecular weight is 513 g/mol. The van der Waals surface area contributed by atoms with Gasteiger partial charge >= 0.3 is 0 Å². The molecule has 2 fully saturated rings. The molecule has 2 aromatic rings. The van der Waals surface area contributed by atoms with Crippen molar-refractivity contribution >= 4 is 79.2 Å². The Morgan fingerprint density at radius 2 is 1.85 bits per heavy atom. The molecule has 3 atom stereocenters. The third-order valence-corrected chi connectivity index (χ3v) is 7.27. The maximum Gasteiger partial charge on any atom is 0.255 e. The van der Waals surface area contributed by atoms with Gasteiger partial charge in [0.2, 0.25) is 17.7 Å². The first-order chi connectivity index (χ1) is 18.6. The minimum absolute atomic E-state index is 0.0772. The Kier molecular flexibility index (Phi) is 7.42. The van der Waals surface area contributed by atoms with Crippen molar-refractivity contribution in [3.05, 3.63) is 46.5 Å². The Labute approximate surface area is 232 Å². The third-order valence-electron chi connectivity index (χ3n) is 7.27. The van der Waals surface area contributed by atoms with Crippen LogP contribution in [-0.2, 0) is 25.7 Å². The van der Waals surface area contributed by atoms with E-state index in [0.29, 0.717) is 34.6 Å². The van der Waals surface area contributed by atoms with E-state index < -0.39 is 23.9 Å². The molecule has 3 aliphatic heterocycles. The van der Waals surface area contributed by atoms with Crippen molar-refractivity contribution in [1.29, 1.82) is 0 Å². The maximum absolute atomic E-state index is 13.1. The smallest absolute Gasteiger partial charge is 0.255 e. The lowest BCUT2D eigenvalue weighted by Crippen LogP contribution is -2.52. The molecule has 3 aliphatic rings. The van der Waals surface area contributed by atoms with Gasteiger partial charge in [0, 0.05) is 30.0 Å². The standard InChI is InChI=1S/C25H20B5N3O6/c26-14-8-12(20(27)21(28)19(14)22(29)32-6-7-38-10-18(32)35)23(30)39-16-3-1-2-11-13(16)9-33(25(11)37)15-4-5-17(34)31-24(15)36/h1-3,8,15,22-23H,4-7,9-10H2,(H,31,34,36). The fourth-order valence-corrected chi connectivity index (χ4v) is 5.19. The number of fused-ring (bicyclic) bond motifs is 1. The van der Waals surface area contributed by atoms with Crippen LogP contribution in [0.2, 0.25) is 0 Å². The summed E-state index contributed by atoms with van der Waals surface area (Å²) in [5.74, 6) is -2.13. The lowest BCUT2D eigenvalue weighted by atomic mass is 9.64. The molecule has 3 unspecified atom stereocenters. The van der Waals surface area contributed by atoms with Gasteiger partial charge < -0.3 is 19.3 Å². The fourth-order valence-electron chi connectivity index (χ4n) is 5.19. The van der Waals surface area contributed by atoms with E-state index in [1.54, 1.807) is 18.2 Å². The molecule has 5 rings (SSSR count). The Hall–Kier alpha value is -3.40. The van der Waals surface area contributed by atoms with Crippen LogP contribution in [-0.4, -0.2) is 98.5 Å². The van der Waals surface area contributed by atoms with Crippen LogP contribution in [0.5, 0.6) is 5.75 Å². The highest BCUT2D eigenvalue weighted by Gasteiger charge is 2.40. The molecule has 0 bridgehead atoms. The fraction of sp³-hybridized carbons (Fsp3) is 0.360. The van der Waals surface area contributed by atoms with Crippen molar-refractivity contribution < 1.29 is 28.7 Å². The van der Waals surface area contributed by atoms with E-state index >= 15 is 0 Å². The molecule has 0 aromatic heterocycles. The van der Waals surface area contributed by atoms with Crippen LogP contribution in [0.4, 0.5) is 0 Å². The van der Waals surface area contributed by atoms with Gasteiger partial charge in [0.15, 0.2) is 0 Å². The molecule has 2 saturated heterocycles.